The highest BCUT2D eigenvalue weighted by Crippen LogP contribution is 2.28. The van der Waals surface area contributed by atoms with Crippen LogP contribution < -0.4 is 0 Å². The van der Waals surface area contributed by atoms with Crippen LogP contribution in [0.15, 0.2) is 33.7 Å². The van der Waals surface area contributed by atoms with Gasteiger partial charge in [0.05, 0.1) is 5.69 Å². The fourth-order valence-corrected chi connectivity index (χ4v) is 2.83. The van der Waals surface area contributed by atoms with Crippen LogP contribution in [0, 0.1) is 0 Å². The number of hydrogen-bond donors (Lipinski definition) is 0. The van der Waals surface area contributed by atoms with Crippen LogP contribution in [-0.2, 0) is 0 Å². The van der Waals surface area contributed by atoms with Crippen LogP contribution in [-0.4, -0.2) is 39.9 Å². The second kappa shape index (κ2) is 6.91. The van der Waals surface area contributed by atoms with Gasteiger partial charge in [-0.1, -0.05) is 15.9 Å². The fraction of sp³-hybridized carbons (Fsp3) is 0.588. The van der Waals surface area contributed by atoms with E-state index in [-0.39, 0.29) is 28.1 Å². The van der Waals surface area contributed by atoms with Gasteiger partial charge < -0.3 is 9.80 Å². The molecule has 3 nitrogen and oxygen atoms in total. The minimum absolute atomic E-state index is 0. The van der Waals surface area contributed by atoms with Gasteiger partial charge in [-0.15, -0.1) is 17.0 Å². The van der Waals surface area contributed by atoms with Crippen LogP contribution in [0.3, 0.4) is 0 Å². The van der Waals surface area contributed by atoms with Gasteiger partial charge in [-0.2, -0.15) is 0 Å². The molecule has 0 aliphatic carbocycles. The zero-order chi connectivity index (χ0) is 15.8. The Kier molecular flexibility index (Phi) is 6.13. The van der Waals surface area contributed by atoms with E-state index in [0.717, 1.165) is 29.2 Å². The van der Waals surface area contributed by atoms with E-state index in [9.17, 15) is 0 Å². The summed E-state index contributed by atoms with van der Waals surface area (Å²) in [6.45, 7) is 15.5. The number of hydrogen-bond acceptors (Lipinski definition) is 1. The van der Waals surface area contributed by atoms with Crippen molar-refractivity contribution in [2.45, 2.75) is 52.6 Å². The molecule has 0 spiro atoms. The van der Waals surface area contributed by atoms with Crippen LogP contribution >= 0.6 is 32.9 Å². The number of nitrogens with zero attached hydrogens (tertiary/aromatic N) is 3. The molecule has 5 heteroatoms. The van der Waals surface area contributed by atoms with E-state index < -0.39 is 0 Å². The molecule has 0 amide bonds. The lowest BCUT2D eigenvalue weighted by Gasteiger charge is -2.38. The molecule has 1 saturated heterocycles. The van der Waals surface area contributed by atoms with E-state index in [1.54, 1.807) is 0 Å². The van der Waals surface area contributed by atoms with E-state index in [1.165, 1.54) is 0 Å². The Hall–Kier alpha value is -0.550. The Morgan fingerprint density at radius 3 is 1.64 bits per heavy atom. The molecule has 1 aliphatic rings. The lowest BCUT2D eigenvalue weighted by molar-refractivity contribution is 0.247. The maximum Gasteiger partial charge on any atom is 0.202 e. The smallest absolute Gasteiger partial charge is 0.202 e. The molecule has 1 heterocycles. The molecule has 0 N–H and O–H groups in total. The molecule has 0 saturated carbocycles. The summed E-state index contributed by atoms with van der Waals surface area (Å²) in [6, 6.07) is 8.18. The van der Waals surface area contributed by atoms with E-state index in [1.807, 2.05) is 12.1 Å². The first kappa shape index (κ1) is 19.5. The average Bonchev–Trinajstić information content (AvgIpc) is 2.75. The second-order valence-electron chi connectivity index (χ2n) is 7.53. The van der Waals surface area contributed by atoms with Gasteiger partial charge in [-0.25, -0.2) is 4.99 Å². The number of benzene rings is 1. The van der Waals surface area contributed by atoms with Crippen molar-refractivity contribution in [1.29, 1.82) is 0 Å². The number of rotatable bonds is 1. The fourth-order valence-electron chi connectivity index (χ4n) is 2.57. The molecule has 1 fully saturated rings. The van der Waals surface area contributed by atoms with Crippen LogP contribution in [0.1, 0.15) is 41.5 Å². The van der Waals surface area contributed by atoms with E-state index in [4.69, 9.17) is 4.99 Å². The summed E-state index contributed by atoms with van der Waals surface area (Å²) in [5.74, 6) is 1.08. The molecule has 2 rings (SSSR count). The summed E-state index contributed by atoms with van der Waals surface area (Å²) in [6.07, 6.45) is 0. The summed E-state index contributed by atoms with van der Waals surface area (Å²) in [7, 11) is 0. The molecule has 1 aromatic carbocycles. The van der Waals surface area contributed by atoms with Gasteiger partial charge >= 0.3 is 0 Å². The highest BCUT2D eigenvalue weighted by Gasteiger charge is 2.38. The van der Waals surface area contributed by atoms with Crippen molar-refractivity contribution < 1.29 is 0 Å². The van der Waals surface area contributed by atoms with Gasteiger partial charge in [0.1, 0.15) is 0 Å². The molecule has 22 heavy (non-hydrogen) atoms. The van der Waals surface area contributed by atoms with Gasteiger partial charge in [0, 0.05) is 28.6 Å². The van der Waals surface area contributed by atoms with Crippen molar-refractivity contribution in [2.75, 3.05) is 13.1 Å². The highest BCUT2D eigenvalue weighted by molar-refractivity contribution is 9.10. The quantitative estimate of drug-likeness (QED) is 0.604. The summed E-state index contributed by atoms with van der Waals surface area (Å²) in [5, 5.41) is 0. The Morgan fingerprint density at radius 2 is 1.27 bits per heavy atom. The number of aliphatic imine (C=N–C) groups is 1. The molecule has 1 aliphatic heterocycles. The lowest BCUT2D eigenvalue weighted by Crippen LogP contribution is -2.49. The Labute approximate surface area is 153 Å². The van der Waals surface area contributed by atoms with Crippen LogP contribution in [0.25, 0.3) is 0 Å². The monoisotopic (exact) mass is 431 g/mol. The summed E-state index contributed by atoms with van der Waals surface area (Å²) in [5.41, 5.74) is 1.15. The van der Waals surface area contributed by atoms with Gasteiger partial charge in [0.2, 0.25) is 5.96 Å². The average molecular weight is 433 g/mol. The summed E-state index contributed by atoms with van der Waals surface area (Å²) in [4.78, 5) is 9.75. The van der Waals surface area contributed by atoms with Gasteiger partial charge in [0.15, 0.2) is 0 Å². The molecule has 0 atom stereocenters. The predicted molar refractivity (Wildman–Crippen MR) is 104 cm³/mol. The second-order valence-corrected chi connectivity index (χ2v) is 8.45. The van der Waals surface area contributed by atoms with Crippen molar-refractivity contribution in [3.63, 3.8) is 0 Å². The van der Waals surface area contributed by atoms with Crippen LogP contribution in [0.4, 0.5) is 5.69 Å². The molecule has 0 aromatic heterocycles. The third-order valence-electron chi connectivity index (χ3n) is 3.71. The molecule has 1 aromatic rings. The Balaban J connectivity index is 0.00000242. The topological polar surface area (TPSA) is 18.8 Å². The van der Waals surface area contributed by atoms with Gasteiger partial charge in [-0.3, -0.25) is 0 Å². The summed E-state index contributed by atoms with van der Waals surface area (Å²) >= 11 is 3.48. The molecule has 0 unspecified atom stereocenters. The van der Waals surface area contributed by atoms with Crippen molar-refractivity contribution >= 4 is 44.6 Å². The number of guanidine groups is 1. The first-order valence-corrected chi connectivity index (χ1v) is 8.28. The maximum absolute atomic E-state index is 4.94. The van der Waals surface area contributed by atoms with Gasteiger partial charge in [0.25, 0.3) is 0 Å². The normalized spacial score (nSPS) is 15.9. The molecule has 0 radical (unpaired) electrons. The minimum Gasteiger partial charge on any atom is -0.336 e. The molecule has 124 valence electrons. The Morgan fingerprint density at radius 1 is 0.864 bits per heavy atom. The van der Waals surface area contributed by atoms with Crippen LogP contribution in [0.5, 0.6) is 0 Å². The van der Waals surface area contributed by atoms with E-state index >= 15 is 0 Å². The van der Waals surface area contributed by atoms with Crippen LogP contribution in [0.2, 0.25) is 0 Å². The summed E-state index contributed by atoms with van der Waals surface area (Å²) < 4.78 is 1.08. The molecular weight excluding hydrogens is 406 g/mol. The lowest BCUT2D eigenvalue weighted by atomic mass is 10.1. The minimum atomic E-state index is 0. The van der Waals surface area contributed by atoms with Crippen molar-refractivity contribution in [1.82, 2.24) is 9.80 Å². The first-order valence-electron chi connectivity index (χ1n) is 7.48. The highest BCUT2D eigenvalue weighted by atomic mass is 79.9. The third kappa shape index (κ3) is 4.48. The zero-order valence-electron chi connectivity index (χ0n) is 14.4. The van der Waals surface area contributed by atoms with Crippen molar-refractivity contribution in [2.24, 2.45) is 4.99 Å². The Bertz CT molecular complexity index is 500. The van der Waals surface area contributed by atoms with Crippen molar-refractivity contribution in [3.05, 3.63) is 28.7 Å². The largest absolute Gasteiger partial charge is 0.336 e. The molecular formula is C17H27Br2N3. The third-order valence-corrected chi connectivity index (χ3v) is 4.23. The van der Waals surface area contributed by atoms with Crippen molar-refractivity contribution in [3.8, 4) is 0 Å². The maximum atomic E-state index is 4.94. The van der Waals surface area contributed by atoms with Gasteiger partial charge in [-0.05, 0) is 65.8 Å². The zero-order valence-corrected chi connectivity index (χ0v) is 17.7. The SMILES string of the molecule is Br.CC(C)(C)N1CCN(C(C)(C)C)C1=Nc1ccc(Br)cc1. The molecule has 0 bridgehead atoms. The predicted octanol–water partition coefficient (Wildman–Crippen LogP) is 5.23. The number of halogens is 2. The first-order chi connectivity index (χ1) is 9.59. The van der Waals surface area contributed by atoms with E-state index in [0.29, 0.717) is 0 Å². The standard InChI is InChI=1S/C17H26BrN3.BrH/c1-16(2,3)20-11-12-21(17(4,5)6)15(20)19-14-9-7-13(18)8-10-14;/h7-10H,11-12H2,1-6H3;1H. The van der Waals surface area contributed by atoms with E-state index in [2.05, 4.69) is 79.4 Å².